The molecule has 0 atom stereocenters. The van der Waals surface area contributed by atoms with Crippen LogP contribution in [0.25, 0.3) is 0 Å². The number of aliphatic carboxylic acids is 1. The molecule has 2 N–H and O–H groups in total. The number of carboxylic acid groups (broad SMARTS) is 1. The Kier molecular flexibility index (Phi) is 6.27. The van der Waals surface area contributed by atoms with Gasteiger partial charge >= 0.3 is 5.97 Å². The Balaban J connectivity index is 2.14. The normalized spacial score (nSPS) is 16.2. The lowest BCUT2D eigenvalue weighted by Gasteiger charge is -2.30. The highest BCUT2D eigenvalue weighted by Gasteiger charge is 2.25. The molecule has 1 rings (SSSR count). The summed E-state index contributed by atoms with van der Waals surface area (Å²) in [5.74, 6) is -1.11. The van der Waals surface area contributed by atoms with Crippen LogP contribution in [0.3, 0.4) is 0 Å². The van der Waals surface area contributed by atoms with Crippen LogP contribution in [-0.4, -0.2) is 60.6 Å². The third kappa shape index (κ3) is 5.69. The van der Waals surface area contributed by atoms with Gasteiger partial charge in [0.1, 0.15) is 6.61 Å². The maximum Gasteiger partial charge on any atom is 0.329 e. The number of ether oxygens (including phenoxy) is 1. The van der Waals surface area contributed by atoms with Crippen LogP contribution in [0.2, 0.25) is 0 Å². The number of hydrogen-bond acceptors (Lipinski definition) is 4. The van der Waals surface area contributed by atoms with Crippen molar-refractivity contribution in [3.8, 4) is 0 Å². The van der Waals surface area contributed by atoms with E-state index in [0.29, 0.717) is 32.5 Å². The fraction of sp³-hybridized carbons (Fsp3) is 0.750. The molecule has 0 saturated carbocycles. The maximum atomic E-state index is 11.8. The third-order valence-corrected chi connectivity index (χ3v) is 3.08. The van der Waals surface area contributed by atoms with E-state index in [1.165, 1.54) is 6.92 Å². The maximum absolute atomic E-state index is 11.8. The Hall–Kier alpha value is -1.63. The van der Waals surface area contributed by atoms with Crippen LogP contribution in [0.15, 0.2) is 0 Å². The van der Waals surface area contributed by atoms with Crippen molar-refractivity contribution in [2.45, 2.75) is 19.8 Å². The second-order valence-electron chi connectivity index (χ2n) is 4.52. The van der Waals surface area contributed by atoms with Gasteiger partial charge in [-0.05, 0) is 12.8 Å². The van der Waals surface area contributed by atoms with E-state index in [0.717, 1.165) is 0 Å². The summed E-state index contributed by atoms with van der Waals surface area (Å²) in [5, 5.41) is 11.1. The zero-order valence-corrected chi connectivity index (χ0v) is 11.1. The van der Waals surface area contributed by atoms with Crippen LogP contribution < -0.4 is 5.32 Å². The molecule has 0 bridgehead atoms. The number of carbonyl (C=O) groups is 3. The van der Waals surface area contributed by atoms with Gasteiger partial charge in [0, 0.05) is 32.5 Å². The molecule has 2 amide bonds. The molecule has 108 valence electrons. The molecule has 1 saturated heterocycles. The standard InChI is InChI=1S/C12H20N2O5/c1-9(15)14-5-2-10(3-6-14)12(18)13-4-7-19-8-11(16)17/h10H,2-8H2,1H3,(H,13,18)(H,16,17). The number of nitrogens with zero attached hydrogens (tertiary/aromatic N) is 1. The molecule has 0 aromatic heterocycles. The number of likely N-dealkylation sites (tertiary alicyclic amines) is 1. The molecule has 1 aliphatic rings. The predicted molar refractivity (Wildman–Crippen MR) is 66.4 cm³/mol. The number of rotatable bonds is 6. The molecule has 0 aliphatic carbocycles. The van der Waals surface area contributed by atoms with E-state index in [2.05, 4.69) is 5.32 Å². The van der Waals surface area contributed by atoms with Crippen molar-refractivity contribution >= 4 is 17.8 Å². The van der Waals surface area contributed by atoms with Crippen molar-refractivity contribution in [1.82, 2.24) is 10.2 Å². The van der Waals surface area contributed by atoms with Gasteiger partial charge in [-0.3, -0.25) is 9.59 Å². The Bertz CT molecular complexity index is 337. The Morgan fingerprint density at radius 2 is 1.95 bits per heavy atom. The number of carbonyl (C=O) groups excluding carboxylic acids is 2. The average molecular weight is 272 g/mol. The molecule has 0 spiro atoms. The van der Waals surface area contributed by atoms with Crippen molar-refractivity contribution in [3.05, 3.63) is 0 Å². The van der Waals surface area contributed by atoms with Gasteiger partial charge in [-0.2, -0.15) is 0 Å². The summed E-state index contributed by atoms with van der Waals surface area (Å²) in [7, 11) is 0. The second-order valence-corrected chi connectivity index (χ2v) is 4.52. The van der Waals surface area contributed by atoms with Crippen LogP contribution in [-0.2, 0) is 19.1 Å². The minimum Gasteiger partial charge on any atom is -0.480 e. The lowest BCUT2D eigenvalue weighted by Crippen LogP contribution is -2.42. The number of hydrogen-bond donors (Lipinski definition) is 2. The highest BCUT2D eigenvalue weighted by Crippen LogP contribution is 2.17. The molecular formula is C12H20N2O5. The van der Waals surface area contributed by atoms with Gasteiger partial charge in [-0.15, -0.1) is 0 Å². The van der Waals surface area contributed by atoms with Crippen molar-refractivity contribution in [3.63, 3.8) is 0 Å². The lowest BCUT2D eigenvalue weighted by molar-refractivity contribution is -0.142. The van der Waals surface area contributed by atoms with Gasteiger partial charge < -0.3 is 20.1 Å². The largest absolute Gasteiger partial charge is 0.480 e. The Morgan fingerprint density at radius 3 is 2.47 bits per heavy atom. The molecule has 0 radical (unpaired) electrons. The fourth-order valence-electron chi connectivity index (χ4n) is 2.01. The van der Waals surface area contributed by atoms with E-state index in [1.54, 1.807) is 4.90 Å². The van der Waals surface area contributed by atoms with E-state index in [1.807, 2.05) is 0 Å². The molecule has 1 aliphatic heterocycles. The SMILES string of the molecule is CC(=O)N1CCC(C(=O)NCCOCC(=O)O)CC1. The summed E-state index contributed by atoms with van der Waals surface area (Å²) in [6, 6.07) is 0. The summed E-state index contributed by atoms with van der Waals surface area (Å²) in [4.78, 5) is 34.8. The van der Waals surface area contributed by atoms with Crippen LogP contribution in [0.5, 0.6) is 0 Å². The zero-order chi connectivity index (χ0) is 14.3. The van der Waals surface area contributed by atoms with Gasteiger partial charge in [0.05, 0.1) is 6.61 Å². The molecule has 7 nitrogen and oxygen atoms in total. The first-order chi connectivity index (χ1) is 9.00. The summed E-state index contributed by atoms with van der Waals surface area (Å²) in [5.41, 5.74) is 0. The number of nitrogens with one attached hydrogen (secondary N) is 1. The highest BCUT2D eigenvalue weighted by molar-refractivity contribution is 5.79. The van der Waals surface area contributed by atoms with Gasteiger partial charge in [0.15, 0.2) is 0 Å². The van der Waals surface area contributed by atoms with Crippen molar-refractivity contribution in [2.24, 2.45) is 5.92 Å². The summed E-state index contributed by atoms with van der Waals surface area (Å²) >= 11 is 0. The molecule has 0 aromatic rings. The van der Waals surface area contributed by atoms with E-state index in [4.69, 9.17) is 9.84 Å². The summed E-state index contributed by atoms with van der Waals surface area (Å²) < 4.78 is 4.81. The minimum absolute atomic E-state index is 0.0425. The van der Waals surface area contributed by atoms with Crippen molar-refractivity contribution in [2.75, 3.05) is 32.8 Å². The molecular weight excluding hydrogens is 252 g/mol. The number of amides is 2. The van der Waals surface area contributed by atoms with Crippen molar-refractivity contribution in [1.29, 1.82) is 0 Å². The Morgan fingerprint density at radius 1 is 1.32 bits per heavy atom. The quantitative estimate of drug-likeness (QED) is 0.633. The van der Waals surface area contributed by atoms with Gasteiger partial charge in [-0.25, -0.2) is 4.79 Å². The summed E-state index contributed by atoms with van der Waals surface area (Å²) in [6.07, 6.45) is 1.34. The smallest absolute Gasteiger partial charge is 0.329 e. The van der Waals surface area contributed by atoms with Gasteiger partial charge in [0.25, 0.3) is 0 Å². The lowest BCUT2D eigenvalue weighted by atomic mass is 9.96. The van der Waals surface area contributed by atoms with Crippen LogP contribution in [0, 0.1) is 5.92 Å². The molecule has 1 fully saturated rings. The first-order valence-corrected chi connectivity index (χ1v) is 6.33. The van der Waals surface area contributed by atoms with Gasteiger partial charge in [-0.1, -0.05) is 0 Å². The monoisotopic (exact) mass is 272 g/mol. The molecule has 7 heteroatoms. The second kappa shape index (κ2) is 7.73. The van der Waals surface area contributed by atoms with Crippen LogP contribution >= 0.6 is 0 Å². The Labute approximate surface area is 111 Å². The first kappa shape index (κ1) is 15.4. The topological polar surface area (TPSA) is 95.9 Å². The van der Waals surface area contributed by atoms with E-state index >= 15 is 0 Å². The van der Waals surface area contributed by atoms with Crippen LogP contribution in [0.4, 0.5) is 0 Å². The first-order valence-electron chi connectivity index (χ1n) is 6.33. The highest BCUT2D eigenvalue weighted by atomic mass is 16.5. The minimum atomic E-state index is -1.03. The van der Waals surface area contributed by atoms with Crippen LogP contribution in [0.1, 0.15) is 19.8 Å². The average Bonchev–Trinajstić information content (AvgIpc) is 2.37. The molecule has 1 heterocycles. The number of piperidine rings is 1. The molecule has 0 aromatic carbocycles. The molecule has 0 unspecified atom stereocenters. The van der Waals surface area contributed by atoms with E-state index in [9.17, 15) is 14.4 Å². The zero-order valence-electron chi connectivity index (χ0n) is 11.1. The van der Waals surface area contributed by atoms with Crippen molar-refractivity contribution < 1.29 is 24.2 Å². The third-order valence-electron chi connectivity index (χ3n) is 3.08. The van der Waals surface area contributed by atoms with Gasteiger partial charge in [0.2, 0.25) is 11.8 Å². The fourth-order valence-corrected chi connectivity index (χ4v) is 2.01. The summed E-state index contributed by atoms with van der Waals surface area (Å²) in [6.45, 7) is 2.89. The molecule has 19 heavy (non-hydrogen) atoms. The number of carboxylic acids is 1. The van der Waals surface area contributed by atoms with E-state index in [-0.39, 0.29) is 30.9 Å². The van der Waals surface area contributed by atoms with E-state index < -0.39 is 5.97 Å². The predicted octanol–water partition coefficient (Wildman–Crippen LogP) is -0.538.